The van der Waals surface area contributed by atoms with Crippen LogP contribution >= 0.6 is 11.6 Å². The molecule has 1 aliphatic heterocycles. The number of methoxy groups -OCH3 is 1. The summed E-state index contributed by atoms with van der Waals surface area (Å²) in [6.45, 7) is 0. The quantitative estimate of drug-likeness (QED) is 0.532. The Morgan fingerprint density at radius 1 is 1.10 bits per heavy atom. The van der Waals surface area contributed by atoms with Crippen molar-refractivity contribution in [2.45, 2.75) is 42.3 Å². The second kappa shape index (κ2) is 6.49. The van der Waals surface area contributed by atoms with Gasteiger partial charge in [-0.05, 0) is 35.8 Å². The molecule has 0 bridgehead atoms. The molecule has 3 fully saturated rings. The number of carbonyl (C=O) groups excluding carboxylic acids is 2. The number of rotatable bonds is 5. The SMILES string of the molecule is COC(=O)[C@H](Cl)[C@]1(N2C(=O)O[C@@H](c3ccccc3)[C@H]2c2ccccc2)CC12CC2. The van der Waals surface area contributed by atoms with Crippen molar-refractivity contribution in [1.82, 2.24) is 4.90 Å². The molecular formula is C23H22ClNO4. The van der Waals surface area contributed by atoms with Crippen molar-refractivity contribution in [2.75, 3.05) is 7.11 Å². The number of alkyl halides is 1. The Morgan fingerprint density at radius 3 is 2.21 bits per heavy atom. The Labute approximate surface area is 174 Å². The molecule has 3 aliphatic rings. The van der Waals surface area contributed by atoms with Gasteiger partial charge in [-0.2, -0.15) is 0 Å². The standard InChI is InChI=1S/C23H22ClNO4/c1-28-20(26)19(24)23(14-22(23)12-13-22)25-17(15-8-4-2-5-9-15)18(29-21(25)27)16-10-6-3-7-11-16/h2-11,17-19H,12-14H2,1H3/t17-,18+,19+,23-/m1/s1. The van der Waals surface area contributed by atoms with Crippen LogP contribution in [0.25, 0.3) is 0 Å². The molecule has 4 atom stereocenters. The van der Waals surface area contributed by atoms with Crippen LogP contribution in [0.1, 0.15) is 42.5 Å². The second-order valence-electron chi connectivity index (χ2n) is 8.21. The van der Waals surface area contributed by atoms with Crippen LogP contribution in [0, 0.1) is 5.41 Å². The Morgan fingerprint density at radius 2 is 1.69 bits per heavy atom. The van der Waals surface area contributed by atoms with Crippen LogP contribution in [-0.4, -0.2) is 35.0 Å². The van der Waals surface area contributed by atoms with Gasteiger partial charge in [0, 0.05) is 0 Å². The lowest BCUT2D eigenvalue weighted by molar-refractivity contribution is -0.142. The minimum absolute atomic E-state index is 0.106. The maximum atomic E-state index is 13.3. The van der Waals surface area contributed by atoms with E-state index < -0.39 is 29.1 Å². The van der Waals surface area contributed by atoms with E-state index in [1.807, 2.05) is 60.7 Å². The topological polar surface area (TPSA) is 55.8 Å². The van der Waals surface area contributed by atoms with E-state index >= 15 is 0 Å². The maximum absolute atomic E-state index is 13.3. The number of esters is 1. The fourth-order valence-corrected chi connectivity index (χ4v) is 5.61. The number of hydrogen-bond acceptors (Lipinski definition) is 4. The monoisotopic (exact) mass is 411 g/mol. The lowest BCUT2D eigenvalue weighted by atomic mass is 9.92. The molecule has 2 aliphatic carbocycles. The van der Waals surface area contributed by atoms with Crippen LogP contribution in [0.5, 0.6) is 0 Å². The third-order valence-electron chi connectivity index (χ3n) is 6.77. The highest BCUT2D eigenvalue weighted by molar-refractivity contribution is 6.31. The summed E-state index contributed by atoms with van der Waals surface area (Å²) < 4.78 is 10.9. The molecule has 0 aromatic heterocycles. The fraction of sp³-hybridized carbons (Fsp3) is 0.391. The van der Waals surface area contributed by atoms with Gasteiger partial charge in [-0.3, -0.25) is 9.69 Å². The molecule has 29 heavy (non-hydrogen) atoms. The average Bonchev–Trinajstić information content (AvgIpc) is 3.65. The van der Waals surface area contributed by atoms with Gasteiger partial charge in [0.25, 0.3) is 0 Å². The zero-order valence-corrected chi connectivity index (χ0v) is 16.8. The molecule has 1 saturated heterocycles. The largest absolute Gasteiger partial charge is 0.468 e. The summed E-state index contributed by atoms with van der Waals surface area (Å²) in [6.07, 6.45) is 1.71. The molecule has 150 valence electrons. The Kier molecular flexibility index (Phi) is 4.14. The number of hydrogen-bond donors (Lipinski definition) is 0. The summed E-state index contributed by atoms with van der Waals surface area (Å²) in [5.41, 5.74) is 0.999. The molecule has 5 rings (SSSR count). The van der Waals surface area contributed by atoms with Gasteiger partial charge >= 0.3 is 12.1 Å². The number of ether oxygens (including phenoxy) is 2. The molecule has 6 heteroatoms. The van der Waals surface area contributed by atoms with Crippen molar-refractivity contribution in [2.24, 2.45) is 5.41 Å². The number of carbonyl (C=O) groups is 2. The molecule has 0 unspecified atom stereocenters. The van der Waals surface area contributed by atoms with E-state index in [2.05, 4.69) is 0 Å². The first-order valence-electron chi connectivity index (χ1n) is 9.86. The molecule has 5 nitrogen and oxygen atoms in total. The van der Waals surface area contributed by atoms with Gasteiger partial charge in [-0.1, -0.05) is 60.7 Å². The smallest absolute Gasteiger partial charge is 0.411 e. The highest BCUT2D eigenvalue weighted by Gasteiger charge is 2.83. The van der Waals surface area contributed by atoms with Crippen LogP contribution in [0.3, 0.4) is 0 Å². The lowest BCUT2D eigenvalue weighted by Gasteiger charge is -2.35. The number of halogens is 1. The van der Waals surface area contributed by atoms with E-state index in [0.717, 1.165) is 24.0 Å². The lowest BCUT2D eigenvalue weighted by Crippen LogP contribution is -2.51. The first kappa shape index (κ1) is 18.5. The van der Waals surface area contributed by atoms with E-state index in [0.29, 0.717) is 6.42 Å². The van der Waals surface area contributed by atoms with Gasteiger partial charge in [0.15, 0.2) is 11.5 Å². The van der Waals surface area contributed by atoms with Crippen LogP contribution in [-0.2, 0) is 14.3 Å². The maximum Gasteiger partial charge on any atom is 0.411 e. The molecule has 2 aromatic rings. The van der Waals surface area contributed by atoms with E-state index in [1.54, 1.807) is 4.90 Å². The predicted molar refractivity (Wildman–Crippen MR) is 107 cm³/mol. The van der Waals surface area contributed by atoms with Crippen molar-refractivity contribution in [3.05, 3.63) is 71.8 Å². The van der Waals surface area contributed by atoms with Crippen molar-refractivity contribution < 1.29 is 19.1 Å². The average molecular weight is 412 g/mol. The van der Waals surface area contributed by atoms with Crippen LogP contribution in [0.4, 0.5) is 4.79 Å². The molecule has 2 saturated carbocycles. The predicted octanol–water partition coefficient (Wildman–Crippen LogP) is 4.62. The summed E-state index contributed by atoms with van der Waals surface area (Å²) in [6, 6.07) is 19.2. The highest BCUT2D eigenvalue weighted by Crippen LogP contribution is 2.79. The number of amides is 1. The summed E-state index contributed by atoms with van der Waals surface area (Å²) >= 11 is 6.68. The zero-order chi connectivity index (χ0) is 20.2. The molecule has 1 heterocycles. The van der Waals surface area contributed by atoms with Crippen molar-refractivity contribution in [3.8, 4) is 0 Å². The summed E-state index contributed by atoms with van der Waals surface area (Å²) in [7, 11) is 1.33. The number of nitrogens with zero attached hydrogens (tertiary/aromatic N) is 1. The van der Waals surface area contributed by atoms with Gasteiger partial charge < -0.3 is 9.47 Å². The molecule has 1 spiro atoms. The number of cyclic esters (lactones) is 1. The van der Waals surface area contributed by atoms with E-state index in [-0.39, 0.29) is 11.5 Å². The Bertz CT molecular complexity index is 946. The molecule has 0 radical (unpaired) electrons. The van der Waals surface area contributed by atoms with Gasteiger partial charge in [-0.25, -0.2) is 4.79 Å². The van der Waals surface area contributed by atoms with Gasteiger partial charge in [-0.15, -0.1) is 11.6 Å². The van der Waals surface area contributed by atoms with E-state index in [9.17, 15) is 9.59 Å². The first-order valence-corrected chi connectivity index (χ1v) is 10.3. The van der Waals surface area contributed by atoms with Crippen molar-refractivity contribution >= 4 is 23.7 Å². The normalized spacial score (nSPS) is 30.0. The van der Waals surface area contributed by atoms with Crippen LogP contribution < -0.4 is 0 Å². The zero-order valence-electron chi connectivity index (χ0n) is 16.1. The van der Waals surface area contributed by atoms with Crippen LogP contribution in [0.15, 0.2) is 60.7 Å². The summed E-state index contributed by atoms with van der Waals surface area (Å²) in [4.78, 5) is 27.4. The number of benzene rings is 2. The van der Waals surface area contributed by atoms with Gasteiger partial charge in [0.05, 0.1) is 12.6 Å². The second-order valence-corrected chi connectivity index (χ2v) is 8.64. The minimum Gasteiger partial charge on any atom is -0.468 e. The fourth-order valence-electron chi connectivity index (χ4n) is 5.11. The molecule has 0 N–H and O–H groups in total. The molecular weight excluding hydrogens is 390 g/mol. The van der Waals surface area contributed by atoms with Gasteiger partial charge in [0.1, 0.15) is 6.04 Å². The minimum atomic E-state index is -0.928. The van der Waals surface area contributed by atoms with Crippen molar-refractivity contribution in [3.63, 3.8) is 0 Å². The Balaban J connectivity index is 1.63. The Hall–Kier alpha value is -2.53. The van der Waals surface area contributed by atoms with E-state index in [4.69, 9.17) is 21.1 Å². The highest BCUT2D eigenvalue weighted by atomic mass is 35.5. The van der Waals surface area contributed by atoms with Crippen molar-refractivity contribution in [1.29, 1.82) is 0 Å². The summed E-state index contributed by atoms with van der Waals surface area (Å²) in [5.74, 6) is -0.502. The third kappa shape index (κ3) is 2.60. The molecule has 2 aromatic carbocycles. The van der Waals surface area contributed by atoms with Gasteiger partial charge in [0.2, 0.25) is 0 Å². The summed E-state index contributed by atoms with van der Waals surface area (Å²) in [5, 5.41) is -0.928. The molecule has 1 amide bonds. The van der Waals surface area contributed by atoms with Crippen LogP contribution in [0.2, 0.25) is 0 Å². The first-order chi connectivity index (χ1) is 14.0. The van der Waals surface area contributed by atoms with E-state index in [1.165, 1.54) is 7.11 Å². The third-order valence-corrected chi connectivity index (χ3v) is 7.31.